The van der Waals surface area contributed by atoms with E-state index in [9.17, 15) is 4.79 Å². The highest BCUT2D eigenvalue weighted by Crippen LogP contribution is 2.21. The predicted octanol–water partition coefficient (Wildman–Crippen LogP) is 2.37. The Kier molecular flexibility index (Phi) is 5.60. The molecule has 1 aliphatic heterocycles. The van der Waals surface area contributed by atoms with Crippen molar-refractivity contribution in [3.05, 3.63) is 42.2 Å². The number of carbonyl (C=O) groups excluding carboxylic acids is 1. The van der Waals surface area contributed by atoms with Crippen LogP contribution in [0, 0.1) is 5.92 Å². The van der Waals surface area contributed by atoms with E-state index in [1.807, 2.05) is 30.3 Å². The van der Waals surface area contributed by atoms with Crippen molar-refractivity contribution >= 4 is 11.7 Å². The second-order valence-electron chi connectivity index (χ2n) is 6.54. The molecule has 1 saturated heterocycles. The van der Waals surface area contributed by atoms with Gasteiger partial charge in [0.15, 0.2) is 0 Å². The smallest absolute Gasteiger partial charge is 0.251 e. The van der Waals surface area contributed by atoms with Crippen molar-refractivity contribution in [3.8, 4) is 11.3 Å². The normalized spacial score (nSPS) is 14.6. The van der Waals surface area contributed by atoms with Gasteiger partial charge in [0.1, 0.15) is 12.1 Å². The molecule has 0 spiro atoms. The monoisotopic (exact) mass is 340 g/mol. The summed E-state index contributed by atoms with van der Waals surface area (Å²) in [4.78, 5) is 23.0. The molecule has 1 aromatic carbocycles. The van der Waals surface area contributed by atoms with E-state index in [2.05, 4.69) is 34.0 Å². The fourth-order valence-electron chi connectivity index (χ4n) is 2.66. The van der Waals surface area contributed by atoms with Gasteiger partial charge in [0.2, 0.25) is 0 Å². The number of carbonyl (C=O) groups is 1. The summed E-state index contributed by atoms with van der Waals surface area (Å²) in [5, 5.41) is 2.93. The Bertz CT molecular complexity index is 710. The molecule has 0 radical (unpaired) electrons. The third-order valence-electron chi connectivity index (χ3n) is 4.10. The van der Waals surface area contributed by atoms with Crippen LogP contribution in [-0.4, -0.2) is 48.7 Å². The summed E-state index contributed by atoms with van der Waals surface area (Å²) in [5.41, 5.74) is 2.48. The maximum absolute atomic E-state index is 12.1. The highest BCUT2D eigenvalue weighted by molar-refractivity contribution is 5.94. The van der Waals surface area contributed by atoms with Crippen molar-refractivity contribution in [1.82, 2.24) is 15.3 Å². The first-order valence-corrected chi connectivity index (χ1v) is 8.67. The van der Waals surface area contributed by atoms with E-state index in [0.29, 0.717) is 18.0 Å². The van der Waals surface area contributed by atoms with Gasteiger partial charge in [-0.25, -0.2) is 9.97 Å². The van der Waals surface area contributed by atoms with Gasteiger partial charge in [0.25, 0.3) is 5.91 Å². The van der Waals surface area contributed by atoms with Crippen LogP contribution in [-0.2, 0) is 4.74 Å². The van der Waals surface area contributed by atoms with Crippen molar-refractivity contribution in [2.24, 2.45) is 5.92 Å². The molecular formula is C19H24N4O2. The van der Waals surface area contributed by atoms with E-state index in [1.165, 1.54) is 0 Å². The number of benzene rings is 1. The standard InChI is InChI=1S/C19H24N4O2/c1-14(2)12-20-19(24)16-5-3-15(4-6-16)17-11-18(22-13-21-17)23-7-9-25-10-8-23/h3-6,11,13-14H,7-10,12H2,1-2H3,(H,20,24). The number of aromatic nitrogens is 2. The molecule has 3 rings (SSSR count). The van der Waals surface area contributed by atoms with Crippen LogP contribution in [0.15, 0.2) is 36.7 Å². The molecule has 2 heterocycles. The molecule has 0 aliphatic carbocycles. The maximum atomic E-state index is 12.1. The summed E-state index contributed by atoms with van der Waals surface area (Å²) in [6.07, 6.45) is 1.59. The highest BCUT2D eigenvalue weighted by atomic mass is 16.5. The van der Waals surface area contributed by atoms with Gasteiger partial charge in [-0.3, -0.25) is 4.79 Å². The molecule has 1 N–H and O–H groups in total. The maximum Gasteiger partial charge on any atom is 0.251 e. The first kappa shape index (κ1) is 17.4. The molecule has 1 aliphatic rings. The number of ether oxygens (including phenoxy) is 1. The Morgan fingerprint density at radius 3 is 2.60 bits per heavy atom. The summed E-state index contributed by atoms with van der Waals surface area (Å²) in [5.74, 6) is 1.30. The summed E-state index contributed by atoms with van der Waals surface area (Å²) in [7, 11) is 0. The molecule has 1 fully saturated rings. The van der Waals surface area contributed by atoms with Gasteiger partial charge in [-0.15, -0.1) is 0 Å². The zero-order valence-electron chi connectivity index (χ0n) is 14.7. The Morgan fingerprint density at radius 1 is 1.20 bits per heavy atom. The zero-order valence-corrected chi connectivity index (χ0v) is 14.7. The lowest BCUT2D eigenvalue weighted by Crippen LogP contribution is -2.36. The van der Waals surface area contributed by atoms with E-state index in [-0.39, 0.29) is 5.91 Å². The fraction of sp³-hybridized carbons (Fsp3) is 0.421. The molecule has 1 aromatic heterocycles. The van der Waals surface area contributed by atoms with Gasteiger partial charge in [-0.2, -0.15) is 0 Å². The highest BCUT2D eigenvalue weighted by Gasteiger charge is 2.14. The van der Waals surface area contributed by atoms with Crippen LogP contribution in [0.1, 0.15) is 24.2 Å². The Hall–Kier alpha value is -2.47. The van der Waals surface area contributed by atoms with Crippen LogP contribution in [0.3, 0.4) is 0 Å². The van der Waals surface area contributed by atoms with Gasteiger partial charge in [0.05, 0.1) is 18.9 Å². The van der Waals surface area contributed by atoms with Gasteiger partial charge in [0, 0.05) is 36.8 Å². The molecular weight excluding hydrogens is 316 g/mol. The lowest BCUT2D eigenvalue weighted by molar-refractivity contribution is 0.0949. The Morgan fingerprint density at radius 2 is 1.92 bits per heavy atom. The third kappa shape index (κ3) is 4.54. The van der Waals surface area contributed by atoms with Crippen LogP contribution in [0.25, 0.3) is 11.3 Å². The number of hydrogen-bond acceptors (Lipinski definition) is 5. The van der Waals surface area contributed by atoms with Crippen LogP contribution >= 0.6 is 0 Å². The van der Waals surface area contributed by atoms with E-state index in [4.69, 9.17) is 4.74 Å². The van der Waals surface area contributed by atoms with Crippen LogP contribution in [0.4, 0.5) is 5.82 Å². The van der Waals surface area contributed by atoms with Crippen molar-refractivity contribution in [1.29, 1.82) is 0 Å². The van der Waals surface area contributed by atoms with Crippen LogP contribution < -0.4 is 10.2 Å². The molecule has 0 saturated carbocycles. The number of morpholine rings is 1. The zero-order chi connectivity index (χ0) is 17.6. The topological polar surface area (TPSA) is 67.4 Å². The van der Waals surface area contributed by atoms with Gasteiger partial charge < -0.3 is 15.0 Å². The molecule has 6 heteroatoms. The first-order chi connectivity index (χ1) is 12.1. The summed E-state index contributed by atoms with van der Waals surface area (Å²) >= 11 is 0. The second-order valence-corrected chi connectivity index (χ2v) is 6.54. The van der Waals surface area contributed by atoms with E-state index < -0.39 is 0 Å². The number of nitrogens with one attached hydrogen (secondary N) is 1. The summed E-state index contributed by atoms with van der Waals surface area (Å²) in [6, 6.07) is 9.51. The minimum Gasteiger partial charge on any atom is -0.378 e. The Balaban J connectivity index is 1.72. The lowest BCUT2D eigenvalue weighted by atomic mass is 10.1. The summed E-state index contributed by atoms with van der Waals surface area (Å²) in [6.45, 7) is 7.94. The third-order valence-corrected chi connectivity index (χ3v) is 4.10. The molecule has 132 valence electrons. The van der Waals surface area contributed by atoms with Gasteiger partial charge >= 0.3 is 0 Å². The predicted molar refractivity (Wildman–Crippen MR) is 97.7 cm³/mol. The SMILES string of the molecule is CC(C)CNC(=O)c1ccc(-c2cc(N3CCOCC3)ncn2)cc1. The number of hydrogen-bond donors (Lipinski definition) is 1. The molecule has 25 heavy (non-hydrogen) atoms. The minimum absolute atomic E-state index is 0.0445. The minimum atomic E-state index is -0.0445. The largest absolute Gasteiger partial charge is 0.378 e. The second kappa shape index (κ2) is 8.07. The number of anilines is 1. The van der Waals surface area contributed by atoms with E-state index in [0.717, 1.165) is 43.4 Å². The molecule has 2 aromatic rings. The molecule has 0 unspecified atom stereocenters. The molecule has 1 amide bonds. The summed E-state index contributed by atoms with van der Waals surface area (Å²) < 4.78 is 5.38. The van der Waals surface area contributed by atoms with Crippen molar-refractivity contribution in [2.75, 3.05) is 37.7 Å². The van der Waals surface area contributed by atoms with E-state index in [1.54, 1.807) is 6.33 Å². The average Bonchev–Trinajstić information content (AvgIpc) is 2.67. The van der Waals surface area contributed by atoms with Crippen molar-refractivity contribution in [3.63, 3.8) is 0 Å². The van der Waals surface area contributed by atoms with Crippen molar-refractivity contribution < 1.29 is 9.53 Å². The van der Waals surface area contributed by atoms with Crippen LogP contribution in [0.5, 0.6) is 0 Å². The number of rotatable bonds is 5. The fourth-order valence-corrected chi connectivity index (χ4v) is 2.66. The van der Waals surface area contributed by atoms with E-state index >= 15 is 0 Å². The van der Waals surface area contributed by atoms with Gasteiger partial charge in [-0.05, 0) is 18.1 Å². The van der Waals surface area contributed by atoms with Gasteiger partial charge in [-0.1, -0.05) is 26.0 Å². The molecule has 0 atom stereocenters. The van der Waals surface area contributed by atoms with Crippen molar-refractivity contribution in [2.45, 2.75) is 13.8 Å². The lowest BCUT2D eigenvalue weighted by Gasteiger charge is -2.27. The average molecular weight is 340 g/mol. The quantitative estimate of drug-likeness (QED) is 0.905. The Labute approximate surface area is 148 Å². The number of amides is 1. The first-order valence-electron chi connectivity index (χ1n) is 8.67. The van der Waals surface area contributed by atoms with Crippen LogP contribution in [0.2, 0.25) is 0 Å². The molecule has 0 bridgehead atoms. The molecule has 6 nitrogen and oxygen atoms in total. The number of nitrogens with zero attached hydrogens (tertiary/aromatic N) is 3.